The Morgan fingerprint density at radius 1 is 1.24 bits per heavy atom. The van der Waals surface area contributed by atoms with Crippen molar-refractivity contribution in [1.29, 1.82) is 0 Å². The Labute approximate surface area is 97.8 Å². The molecule has 0 radical (unpaired) electrons. The number of aliphatic imine (C=N–C) groups is 1. The fourth-order valence-electron chi connectivity index (χ4n) is 1.28. The minimum Gasteiger partial charge on any atom is -0.497 e. The summed E-state index contributed by atoms with van der Waals surface area (Å²) >= 11 is 0. The molecule has 6 heteroatoms. The average Bonchev–Trinajstić information content (AvgIpc) is 2.38. The van der Waals surface area contributed by atoms with Crippen LogP contribution in [0.15, 0.2) is 17.1 Å². The van der Waals surface area contributed by atoms with Gasteiger partial charge in [0.15, 0.2) is 0 Å². The summed E-state index contributed by atoms with van der Waals surface area (Å²) < 4.78 is 14.6. The van der Waals surface area contributed by atoms with Crippen LogP contribution in [0, 0.1) is 0 Å². The number of hydrogen-bond acceptors (Lipinski definition) is 6. The molecule has 0 amide bonds. The molecule has 0 saturated heterocycles. The van der Waals surface area contributed by atoms with Crippen LogP contribution in [-0.4, -0.2) is 33.4 Å². The molecule has 0 fully saturated rings. The Balaban J connectivity index is 3.50. The number of methoxy groups -OCH3 is 3. The quantitative estimate of drug-likeness (QED) is 0.450. The van der Waals surface area contributed by atoms with E-state index in [0.29, 0.717) is 5.75 Å². The molecule has 0 heterocycles. The van der Waals surface area contributed by atoms with Crippen LogP contribution >= 0.6 is 0 Å². The smallest absolute Gasteiger partial charge is 0.340 e. The van der Waals surface area contributed by atoms with E-state index < -0.39 is 5.97 Å². The SMILES string of the molecule is COC(=O)c1cc(OC)cc(OC)c1N=C=O. The lowest BCUT2D eigenvalue weighted by Gasteiger charge is -2.10. The van der Waals surface area contributed by atoms with Crippen LogP contribution in [0.25, 0.3) is 0 Å². The van der Waals surface area contributed by atoms with Crippen molar-refractivity contribution in [2.45, 2.75) is 0 Å². The van der Waals surface area contributed by atoms with Crippen molar-refractivity contribution in [3.8, 4) is 11.5 Å². The number of isocyanates is 1. The third-order valence-electron chi connectivity index (χ3n) is 2.07. The van der Waals surface area contributed by atoms with E-state index in [0.717, 1.165) is 0 Å². The van der Waals surface area contributed by atoms with Crippen LogP contribution < -0.4 is 9.47 Å². The molecule has 0 bridgehead atoms. The van der Waals surface area contributed by atoms with Gasteiger partial charge in [-0.1, -0.05) is 0 Å². The fourth-order valence-corrected chi connectivity index (χ4v) is 1.28. The standard InChI is InChI=1S/C11H11NO5/c1-15-7-4-8(11(14)17-3)10(12-6-13)9(5-7)16-2/h4-5H,1-3H3. The largest absolute Gasteiger partial charge is 0.497 e. The van der Waals surface area contributed by atoms with Gasteiger partial charge < -0.3 is 14.2 Å². The second kappa shape index (κ2) is 5.67. The van der Waals surface area contributed by atoms with Crippen molar-refractivity contribution >= 4 is 17.7 Å². The summed E-state index contributed by atoms with van der Waals surface area (Å²) in [6.07, 6.45) is 1.36. The molecule has 0 aliphatic rings. The van der Waals surface area contributed by atoms with Gasteiger partial charge in [-0.05, 0) is 6.07 Å². The van der Waals surface area contributed by atoms with Gasteiger partial charge in [0, 0.05) is 6.07 Å². The molecule has 6 nitrogen and oxygen atoms in total. The van der Waals surface area contributed by atoms with E-state index in [4.69, 9.17) is 9.47 Å². The van der Waals surface area contributed by atoms with Crippen molar-refractivity contribution in [2.75, 3.05) is 21.3 Å². The van der Waals surface area contributed by atoms with E-state index in [2.05, 4.69) is 9.73 Å². The third kappa shape index (κ3) is 2.62. The maximum Gasteiger partial charge on any atom is 0.340 e. The zero-order valence-electron chi connectivity index (χ0n) is 9.64. The van der Waals surface area contributed by atoms with Gasteiger partial charge in [-0.2, -0.15) is 4.99 Å². The summed E-state index contributed by atoms with van der Waals surface area (Å²) in [5, 5.41) is 0. The van der Waals surface area contributed by atoms with Gasteiger partial charge in [-0.15, -0.1) is 0 Å². The lowest BCUT2D eigenvalue weighted by atomic mass is 10.1. The molecule has 0 aliphatic carbocycles. The Hall–Kier alpha value is -2.33. The Morgan fingerprint density at radius 2 is 1.94 bits per heavy atom. The predicted octanol–water partition coefficient (Wildman–Crippen LogP) is 1.46. The first-order valence-corrected chi connectivity index (χ1v) is 4.60. The molecule has 0 atom stereocenters. The summed E-state index contributed by atoms with van der Waals surface area (Å²) in [4.78, 5) is 25.3. The Bertz CT molecular complexity index is 477. The molecule has 0 unspecified atom stereocenters. The Kier molecular flexibility index (Phi) is 4.25. The molecular formula is C11H11NO5. The summed E-state index contributed by atoms with van der Waals surface area (Å²) in [7, 11) is 4.06. The zero-order chi connectivity index (χ0) is 12.8. The number of esters is 1. The first kappa shape index (κ1) is 12.7. The first-order chi connectivity index (χ1) is 8.17. The predicted molar refractivity (Wildman–Crippen MR) is 58.7 cm³/mol. The highest BCUT2D eigenvalue weighted by Crippen LogP contribution is 2.35. The van der Waals surface area contributed by atoms with Gasteiger partial charge in [0.25, 0.3) is 0 Å². The second-order valence-corrected chi connectivity index (χ2v) is 2.92. The summed E-state index contributed by atoms with van der Waals surface area (Å²) in [5.41, 5.74) is 0.141. The van der Waals surface area contributed by atoms with Crippen LogP contribution in [0.2, 0.25) is 0 Å². The monoisotopic (exact) mass is 237 g/mol. The minimum absolute atomic E-state index is 0.0650. The van der Waals surface area contributed by atoms with E-state index in [1.54, 1.807) is 0 Å². The number of benzene rings is 1. The molecule has 0 spiro atoms. The van der Waals surface area contributed by atoms with E-state index in [9.17, 15) is 9.59 Å². The molecule has 0 N–H and O–H groups in total. The van der Waals surface area contributed by atoms with Gasteiger partial charge in [-0.25, -0.2) is 9.59 Å². The molecule has 1 aromatic rings. The normalized spacial score (nSPS) is 9.12. The maximum absolute atomic E-state index is 11.5. The fraction of sp³-hybridized carbons (Fsp3) is 0.273. The number of nitrogens with zero attached hydrogens (tertiary/aromatic N) is 1. The highest BCUT2D eigenvalue weighted by molar-refractivity contribution is 5.97. The molecular weight excluding hydrogens is 226 g/mol. The number of carbonyl (C=O) groups excluding carboxylic acids is 2. The number of ether oxygens (including phenoxy) is 3. The number of carbonyl (C=O) groups is 1. The average molecular weight is 237 g/mol. The van der Waals surface area contributed by atoms with Gasteiger partial charge >= 0.3 is 5.97 Å². The minimum atomic E-state index is -0.642. The summed E-state index contributed by atoms with van der Waals surface area (Å²) in [5.74, 6) is -0.0172. The van der Waals surface area contributed by atoms with Crippen LogP contribution in [0.5, 0.6) is 11.5 Å². The van der Waals surface area contributed by atoms with E-state index in [1.807, 2.05) is 0 Å². The highest BCUT2D eigenvalue weighted by atomic mass is 16.5. The van der Waals surface area contributed by atoms with Crippen LogP contribution in [-0.2, 0) is 9.53 Å². The highest BCUT2D eigenvalue weighted by Gasteiger charge is 2.18. The van der Waals surface area contributed by atoms with E-state index >= 15 is 0 Å². The molecule has 0 aliphatic heterocycles. The van der Waals surface area contributed by atoms with Crippen molar-refractivity contribution < 1.29 is 23.8 Å². The molecule has 1 rings (SSSR count). The topological polar surface area (TPSA) is 74.2 Å². The molecule has 90 valence electrons. The lowest BCUT2D eigenvalue weighted by molar-refractivity contribution is 0.0601. The zero-order valence-corrected chi connectivity index (χ0v) is 9.64. The van der Waals surface area contributed by atoms with Gasteiger partial charge in [0.05, 0.1) is 26.9 Å². The van der Waals surface area contributed by atoms with Gasteiger partial charge in [0.1, 0.15) is 17.2 Å². The van der Waals surface area contributed by atoms with Crippen LogP contribution in [0.4, 0.5) is 5.69 Å². The van der Waals surface area contributed by atoms with Gasteiger partial charge in [-0.3, -0.25) is 0 Å². The van der Waals surface area contributed by atoms with Gasteiger partial charge in [0.2, 0.25) is 6.08 Å². The number of rotatable bonds is 4. The first-order valence-electron chi connectivity index (χ1n) is 4.60. The molecule has 0 saturated carbocycles. The van der Waals surface area contributed by atoms with Crippen molar-refractivity contribution in [3.63, 3.8) is 0 Å². The Morgan fingerprint density at radius 3 is 2.41 bits per heavy atom. The van der Waals surface area contributed by atoms with Crippen molar-refractivity contribution in [1.82, 2.24) is 0 Å². The van der Waals surface area contributed by atoms with Crippen LogP contribution in [0.1, 0.15) is 10.4 Å². The van der Waals surface area contributed by atoms with Crippen molar-refractivity contribution in [2.24, 2.45) is 4.99 Å². The second-order valence-electron chi connectivity index (χ2n) is 2.92. The number of hydrogen-bond donors (Lipinski definition) is 0. The van der Waals surface area contributed by atoms with E-state index in [-0.39, 0.29) is 17.0 Å². The lowest BCUT2D eigenvalue weighted by Crippen LogP contribution is -2.03. The maximum atomic E-state index is 11.5. The van der Waals surface area contributed by atoms with Crippen molar-refractivity contribution in [3.05, 3.63) is 17.7 Å². The summed E-state index contributed by atoms with van der Waals surface area (Å²) in [6, 6.07) is 2.91. The molecule has 17 heavy (non-hydrogen) atoms. The van der Waals surface area contributed by atoms with E-state index in [1.165, 1.54) is 39.5 Å². The third-order valence-corrected chi connectivity index (χ3v) is 2.07. The molecule has 1 aromatic carbocycles. The summed E-state index contributed by atoms with van der Waals surface area (Å²) in [6.45, 7) is 0. The van der Waals surface area contributed by atoms with Crippen LogP contribution in [0.3, 0.4) is 0 Å². The molecule has 0 aromatic heterocycles.